The van der Waals surface area contributed by atoms with Gasteiger partial charge in [0.1, 0.15) is 0 Å². The van der Waals surface area contributed by atoms with Crippen LogP contribution in [0.4, 0.5) is 0 Å². The van der Waals surface area contributed by atoms with E-state index >= 15 is 0 Å². The maximum absolute atomic E-state index is 6.15. The van der Waals surface area contributed by atoms with Gasteiger partial charge < -0.3 is 5.73 Å². The molecule has 1 aromatic rings. The second-order valence-corrected chi connectivity index (χ2v) is 4.44. The molecule has 5 heteroatoms. The Morgan fingerprint density at radius 3 is 2.80 bits per heavy atom. The number of nitrogens with zero attached hydrogens (tertiary/aromatic N) is 4. The molecule has 1 heterocycles. The lowest BCUT2D eigenvalue weighted by Gasteiger charge is -2.17. The zero-order valence-corrected chi connectivity index (χ0v) is 9.26. The third-order valence-electron chi connectivity index (χ3n) is 3.26. The summed E-state index contributed by atoms with van der Waals surface area (Å²) in [5.41, 5.74) is 6.15. The summed E-state index contributed by atoms with van der Waals surface area (Å²) in [5.74, 6) is 1.53. The molecule has 1 unspecified atom stereocenters. The van der Waals surface area contributed by atoms with Gasteiger partial charge in [0, 0.05) is 12.5 Å². The Morgan fingerprint density at radius 2 is 2.20 bits per heavy atom. The topological polar surface area (TPSA) is 69.6 Å². The van der Waals surface area contributed by atoms with Crippen molar-refractivity contribution in [3.63, 3.8) is 0 Å². The van der Waals surface area contributed by atoms with Gasteiger partial charge in [-0.3, -0.25) is 0 Å². The van der Waals surface area contributed by atoms with Crippen molar-refractivity contribution in [3.05, 3.63) is 5.82 Å². The fourth-order valence-corrected chi connectivity index (χ4v) is 2.34. The molecule has 1 aliphatic carbocycles. The van der Waals surface area contributed by atoms with Crippen LogP contribution in [0.25, 0.3) is 0 Å². The van der Waals surface area contributed by atoms with Gasteiger partial charge in [-0.1, -0.05) is 12.8 Å². The average Bonchev–Trinajstić information content (AvgIpc) is 2.84. The summed E-state index contributed by atoms with van der Waals surface area (Å²) in [6, 6.07) is 0.316. The van der Waals surface area contributed by atoms with E-state index in [-0.39, 0.29) is 0 Å². The van der Waals surface area contributed by atoms with Crippen LogP contribution in [0.15, 0.2) is 0 Å². The van der Waals surface area contributed by atoms with Crippen molar-refractivity contribution in [2.45, 2.75) is 44.6 Å². The largest absolute Gasteiger partial charge is 0.327 e. The molecule has 1 aliphatic rings. The summed E-state index contributed by atoms with van der Waals surface area (Å²) in [6.07, 6.45) is 7.13. The van der Waals surface area contributed by atoms with Gasteiger partial charge in [0.25, 0.3) is 0 Å². The van der Waals surface area contributed by atoms with Gasteiger partial charge in [-0.15, -0.1) is 10.2 Å². The number of aryl methyl sites for hydroxylation is 2. The van der Waals surface area contributed by atoms with Crippen molar-refractivity contribution in [2.24, 2.45) is 18.7 Å². The van der Waals surface area contributed by atoms with E-state index in [9.17, 15) is 0 Å². The van der Waals surface area contributed by atoms with Gasteiger partial charge in [-0.2, -0.15) is 4.80 Å². The minimum Gasteiger partial charge on any atom is -0.327 e. The highest BCUT2D eigenvalue weighted by molar-refractivity contribution is 4.83. The lowest BCUT2D eigenvalue weighted by molar-refractivity contribution is 0.407. The van der Waals surface area contributed by atoms with Crippen LogP contribution in [-0.2, 0) is 13.5 Å². The van der Waals surface area contributed by atoms with E-state index in [1.165, 1.54) is 30.5 Å². The van der Waals surface area contributed by atoms with Crippen LogP contribution in [0, 0.1) is 5.92 Å². The van der Waals surface area contributed by atoms with Gasteiger partial charge >= 0.3 is 0 Å². The average molecular weight is 209 g/mol. The van der Waals surface area contributed by atoms with Crippen LogP contribution in [0.1, 0.15) is 37.9 Å². The predicted octanol–water partition coefficient (Wildman–Crippen LogP) is 0.660. The van der Waals surface area contributed by atoms with Gasteiger partial charge in [-0.25, -0.2) is 0 Å². The molecule has 2 rings (SSSR count). The van der Waals surface area contributed by atoms with E-state index in [1.54, 1.807) is 7.05 Å². The number of hydrogen-bond acceptors (Lipinski definition) is 4. The number of aromatic nitrogens is 4. The maximum Gasteiger partial charge on any atom is 0.174 e. The second kappa shape index (κ2) is 4.70. The van der Waals surface area contributed by atoms with E-state index in [4.69, 9.17) is 5.73 Å². The number of nitrogens with two attached hydrogens (primary N) is 1. The number of rotatable bonds is 4. The summed E-state index contributed by atoms with van der Waals surface area (Å²) in [5, 5.41) is 11.9. The fraction of sp³-hybridized carbons (Fsp3) is 0.900. The number of hydrogen-bond donors (Lipinski definition) is 1. The highest BCUT2D eigenvalue weighted by Gasteiger charge is 2.21. The Kier molecular flexibility index (Phi) is 3.30. The fourth-order valence-electron chi connectivity index (χ4n) is 2.34. The highest BCUT2D eigenvalue weighted by Crippen LogP contribution is 2.28. The van der Waals surface area contributed by atoms with E-state index in [2.05, 4.69) is 15.4 Å². The molecule has 0 aliphatic heterocycles. The SMILES string of the molecule is Cn1nnc(CCC(N)C2CCCC2)n1. The smallest absolute Gasteiger partial charge is 0.174 e. The van der Waals surface area contributed by atoms with Gasteiger partial charge in [0.15, 0.2) is 5.82 Å². The Balaban J connectivity index is 1.77. The van der Waals surface area contributed by atoms with Crippen LogP contribution in [0.5, 0.6) is 0 Å². The Morgan fingerprint density at radius 1 is 1.47 bits per heavy atom. The second-order valence-electron chi connectivity index (χ2n) is 4.44. The molecule has 0 radical (unpaired) electrons. The summed E-state index contributed by atoms with van der Waals surface area (Å²) >= 11 is 0. The first-order valence-corrected chi connectivity index (χ1v) is 5.74. The maximum atomic E-state index is 6.15. The molecule has 5 nitrogen and oxygen atoms in total. The summed E-state index contributed by atoms with van der Waals surface area (Å²) in [7, 11) is 1.79. The first-order chi connectivity index (χ1) is 7.25. The predicted molar refractivity (Wildman–Crippen MR) is 57.1 cm³/mol. The molecule has 0 bridgehead atoms. The van der Waals surface area contributed by atoms with Gasteiger partial charge in [-0.05, 0) is 30.4 Å². The first-order valence-electron chi connectivity index (χ1n) is 5.74. The van der Waals surface area contributed by atoms with E-state index in [1.807, 2.05) is 0 Å². The summed E-state index contributed by atoms with van der Waals surface area (Å²) < 4.78 is 0. The van der Waals surface area contributed by atoms with Gasteiger partial charge in [0.05, 0.1) is 7.05 Å². The molecule has 2 N–H and O–H groups in total. The zero-order valence-electron chi connectivity index (χ0n) is 9.26. The van der Waals surface area contributed by atoms with Crippen LogP contribution >= 0.6 is 0 Å². The molecule has 0 spiro atoms. The van der Waals surface area contributed by atoms with Crippen molar-refractivity contribution in [3.8, 4) is 0 Å². The van der Waals surface area contributed by atoms with Crippen LogP contribution in [-0.4, -0.2) is 26.2 Å². The third-order valence-corrected chi connectivity index (χ3v) is 3.26. The van der Waals surface area contributed by atoms with Crippen molar-refractivity contribution < 1.29 is 0 Å². The number of tetrazole rings is 1. The highest BCUT2D eigenvalue weighted by atomic mass is 15.6. The first kappa shape index (κ1) is 10.5. The lowest BCUT2D eigenvalue weighted by Crippen LogP contribution is -2.28. The van der Waals surface area contributed by atoms with Gasteiger partial charge in [0.2, 0.25) is 0 Å². The molecule has 1 fully saturated rings. The quantitative estimate of drug-likeness (QED) is 0.791. The molecule has 0 aromatic carbocycles. The Bertz CT molecular complexity index is 303. The third kappa shape index (κ3) is 2.75. The molecule has 0 saturated heterocycles. The van der Waals surface area contributed by atoms with E-state index < -0.39 is 0 Å². The minimum absolute atomic E-state index is 0.316. The Labute approximate surface area is 90.0 Å². The lowest BCUT2D eigenvalue weighted by atomic mass is 9.95. The van der Waals surface area contributed by atoms with Crippen molar-refractivity contribution in [2.75, 3.05) is 0 Å². The minimum atomic E-state index is 0.316. The molecule has 1 atom stereocenters. The van der Waals surface area contributed by atoms with E-state index in [0.717, 1.165) is 24.6 Å². The van der Waals surface area contributed by atoms with Crippen LogP contribution in [0.3, 0.4) is 0 Å². The molecule has 1 saturated carbocycles. The molecule has 15 heavy (non-hydrogen) atoms. The molecule has 1 aromatic heterocycles. The molecular weight excluding hydrogens is 190 g/mol. The molecule has 84 valence electrons. The van der Waals surface area contributed by atoms with Crippen molar-refractivity contribution >= 4 is 0 Å². The molecule has 0 amide bonds. The van der Waals surface area contributed by atoms with Crippen LogP contribution < -0.4 is 5.73 Å². The van der Waals surface area contributed by atoms with Crippen molar-refractivity contribution in [1.29, 1.82) is 0 Å². The Hall–Kier alpha value is -0.970. The summed E-state index contributed by atoms with van der Waals surface area (Å²) in [4.78, 5) is 1.50. The standard InChI is InChI=1S/C10H19N5/c1-15-13-10(12-14-15)7-6-9(11)8-4-2-3-5-8/h8-9H,2-7,11H2,1H3. The molecular formula is C10H19N5. The van der Waals surface area contributed by atoms with Crippen LogP contribution in [0.2, 0.25) is 0 Å². The summed E-state index contributed by atoms with van der Waals surface area (Å²) in [6.45, 7) is 0. The van der Waals surface area contributed by atoms with E-state index in [0.29, 0.717) is 6.04 Å². The monoisotopic (exact) mass is 209 g/mol. The van der Waals surface area contributed by atoms with Crippen molar-refractivity contribution in [1.82, 2.24) is 20.2 Å². The normalized spacial score (nSPS) is 19.6. The zero-order chi connectivity index (χ0) is 10.7.